The molecule has 0 aliphatic rings. The van der Waals surface area contributed by atoms with E-state index >= 15 is 0 Å². The Labute approximate surface area is 185 Å². The van der Waals surface area contributed by atoms with E-state index in [-0.39, 0.29) is 48.6 Å². The molecule has 0 aliphatic heterocycles. The van der Waals surface area contributed by atoms with Crippen molar-refractivity contribution in [3.05, 3.63) is 17.7 Å². The number of hydrogen-bond acceptors (Lipinski definition) is 5. The van der Waals surface area contributed by atoms with Crippen molar-refractivity contribution in [2.75, 3.05) is 6.61 Å². The van der Waals surface area contributed by atoms with Crippen molar-refractivity contribution in [2.24, 2.45) is 0 Å². The minimum atomic E-state index is -0.638. The van der Waals surface area contributed by atoms with Crippen LogP contribution in [0.3, 0.4) is 0 Å². The van der Waals surface area contributed by atoms with Gasteiger partial charge >= 0.3 is 35.5 Å². The monoisotopic (exact) mass is 396 g/mol. The number of carbonyl (C=O) groups is 1. The first kappa shape index (κ1) is 27.7. The van der Waals surface area contributed by atoms with Crippen LogP contribution in [-0.2, 0) is 4.74 Å². The molecule has 0 heterocycles. The molecule has 0 fully saturated rings. The van der Waals surface area contributed by atoms with Crippen LogP contribution >= 0.6 is 13.5 Å². The molecule has 1 rings (SSSR count). The first-order valence-electron chi connectivity index (χ1n) is 8.98. The van der Waals surface area contributed by atoms with Crippen molar-refractivity contribution < 1.29 is 24.9 Å². The summed E-state index contributed by atoms with van der Waals surface area (Å²) in [6, 6.07) is 2.16. The number of phenols is 3. The third-order valence-corrected chi connectivity index (χ3v) is 4.04. The topological polar surface area (TPSA) is 87.0 Å². The number of esters is 1. The van der Waals surface area contributed by atoms with E-state index in [1.165, 1.54) is 44.9 Å². The van der Waals surface area contributed by atoms with Crippen LogP contribution in [-0.4, -0.2) is 57.5 Å². The summed E-state index contributed by atoms with van der Waals surface area (Å²) >= 11 is 0. The number of carbonyl (C=O) groups excluding carboxylic acids is 1. The second-order valence-corrected chi connectivity index (χ2v) is 6.18. The summed E-state index contributed by atoms with van der Waals surface area (Å²) in [5, 5.41) is 28.0. The third-order valence-electron chi connectivity index (χ3n) is 4.04. The van der Waals surface area contributed by atoms with E-state index in [2.05, 4.69) is 6.92 Å². The summed E-state index contributed by atoms with van der Waals surface area (Å²) in [6.45, 7) is 2.54. The van der Waals surface area contributed by atoms with E-state index in [1.54, 1.807) is 0 Å². The van der Waals surface area contributed by atoms with Crippen molar-refractivity contribution in [2.45, 2.75) is 71.1 Å². The maximum atomic E-state index is 11.8. The number of rotatable bonds is 12. The molecule has 0 bridgehead atoms. The predicted octanol–water partition coefficient (Wildman–Crippen LogP) is 4.35. The summed E-state index contributed by atoms with van der Waals surface area (Å²) in [6.07, 6.45) is 12.1. The number of hydrogen-bond donors (Lipinski definition) is 3. The van der Waals surface area contributed by atoms with Crippen LogP contribution < -0.4 is 0 Å². The second kappa shape index (κ2) is 16.6. The fourth-order valence-electron chi connectivity index (χ4n) is 2.56. The van der Waals surface area contributed by atoms with Gasteiger partial charge in [0.1, 0.15) is 0 Å². The van der Waals surface area contributed by atoms with Gasteiger partial charge in [-0.15, -0.1) is 0 Å². The molecule has 0 radical (unpaired) electrons. The number of phenolic OH excluding ortho intramolecular Hbond substituents is 3. The van der Waals surface area contributed by atoms with Crippen LogP contribution in [0.15, 0.2) is 12.1 Å². The molecule has 0 aliphatic carbocycles. The molecule has 0 spiro atoms. The normalized spacial score (nSPS) is 9.88. The fraction of sp³-hybridized carbons (Fsp3) is 0.632. The van der Waals surface area contributed by atoms with E-state index in [1.807, 2.05) is 0 Å². The Balaban J connectivity index is 0. The van der Waals surface area contributed by atoms with Gasteiger partial charge < -0.3 is 20.1 Å². The van der Waals surface area contributed by atoms with Gasteiger partial charge in [-0.1, -0.05) is 64.7 Å². The van der Waals surface area contributed by atoms with Crippen molar-refractivity contribution in [3.8, 4) is 17.2 Å². The van der Waals surface area contributed by atoms with Gasteiger partial charge in [-0.05, 0) is 18.6 Å². The molecule has 0 unspecified atom stereocenters. The summed E-state index contributed by atoms with van der Waals surface area (Å²) < 4.78 is 5.11. The standard InChI is InChI=1S/C19H30O5.Na.H2S.H/c1-2-3-4-5-6-7-8-9-10-11-12-24-19(23)15-13-16(20)18(22)17(21)14-15;;;/h13-14,20-22H,2-12H2,1H3;;1H2;. The van der Waals surface area contributed by atoms with Gasteiger partial charge in [0.05, 0.1) is 12.2 Å². The van der Waals surface area contributed by atoms with Gasteiger partial charge in [0.2, 0.25) is 0 Å². The van der Waals surface area contributed by atoms with E-state index in [0.29, 0.717) is 6.61 Å². The number of aromatic hydroxyl groups is 3. The Kier molecular flexibility index (Phi) is 17.7. The second-order valence-electron chi connectivity index (χ2n) is 6.18. The molecule has 0 atom stereocenters. The van der Waals surface area contributed by atoms with Crippen molar-refractivity contribution in [3.63, 3.8) is 0 Å². The Hall–Kier alpha value is -0.560. The third kappa shape index (κ3) is 11.2. The Morgan fingerprint density at radius 1 is 0.846 bits per heavy atom. The van der Waals surface area contributed by atoms with E-state index in [0.717, 1.165) is 31.4 Å². The molecule has 1 aromatic carbocycles. The number of ether oxygens (including phenoxy) is 1. The van der Waals surface area contributed by atoms with Gasteiger partial charge in [0, 0.05) is 0 Å². The molecule has 0 saturated heterocycles. The summed E-state index contributed by atoms with van der Waals surface area (Å²) in [5.41, 5.74) is 0.0230. The van der Waals surface area contributed by atoms with Crippen LogP contribution in [0.5, 0.6) is 17.2 Å². The van der Waals surface area contributed by atoms with Crippen LogP contribution in [0.4, 0.5) is 0 Å². The molecule has 5 nitrogen and oxygen atoms in total. The first-order chi connectivity index (χ1) is 11.6. The molecule has 1 aromatic rings. The molecule has 3 N–H and O–H groups in total. The van der Waals surface area contributed by atoms with E-state index in [4.69, 9.17) is 4.74 Å². The summed E-state index contributed by atoms with van der Waals surface area (Å²) in [5.74, 6) is -2.33. The fourth-order valence-corrected chi connectivity index (χ4v) is 2.56. The summed E-state index contributed by atoms with van der Waals surface area (Å²) in [4.78, 5) is 11.8. The van der Waals surface area contributed by atoms with Crippen molar-refractivity contribution in [1.29, 1.82) is 0 Å². The van der Waals surface area contributed by atoms with Gasteiger partial charge in [-0.2, -0.15) is 13.5 Å². The van der Waals surface area contributed by atoms with Crippen LogP contribution in [0.25, 0.3) is 0 Å². The Morgan fingerprint density at radius 3 is 1.73 bits per heavy atom. The summed E-state index contributed by atoms with van der Waals surface area (Å²) in [7, 11) is 0. The molecule has 7 heteroatoms. The molecule has 26 heavy (non-hydrogen) atoms. The van der Waals surface area contributed by atoms with Gasteiger partial charge in [-0.25, -0.2) is 4.79 Å². The van der Waals surface area contributed by atoms with Crippen LogP contribution in [0.2, 0.25) is 0 Å². The number of benzene rings is 1. The average Bonchev–Trinajstić information content (AvgIpc) is 2.56. The molecule has 146 valence electrons. The SMILES string of the molecule is CCCCCCCCCCCCOC(=O)c1cc(O)c(O)c(O)c1.S.[NaH]. The van der Waals surface area contributed by atoms with Crippen molar-refractivity contribution >= 4 is 49.0 Å². The van der Waals surface area contributed by atoms with E-state index in [9.17, 15) is 20.1 Å². The van der Waals surface area contributed by atoms with Gasteiger partial charge in [-0.3, -0.25) is 0 Å². The molecule has 0 amide bonds. The number of unbranched alkanes of at least 4 members (excludes halogenated alkanes) is 9. The zero-order chi connectivity index (χ0) is 17.8. The predicted molar refractivity (Wildman–Crippen MR) is 111 cm³/mol. The van der Waals surface area contributed by atoms with Crippen LogP contribution in [0, 0.1) is 0 Å². The Bertz CT molecular complexity index is 488. The molecular weight excluding hydrogens is 363 g/mol. The first-order valence-corrected chi connectivity index (χ1v) is 8.98. The van der Waals surface area contributed by atoms with Crippen molar-refractivity contribution in [1.82, 2.24) is 0 Å². The maximum absolute atomic E-state index is 11.8. The zero-order valence-corrected chi connectivity index (χ0v) is 16.1. The zero-order valence-electron chi connectivity index (χ0n) is 15.1. The van der Waals surface area contributed by atoms with E-state index < -0.39 is 23.2 Å². The molecule has 0 aromatic heterocycles. The van der Waals surface area contributed by atoms with Crippen LogP contribution in [0.1, 0.15) is 81.5 Å². The minimum absolute atomic E-state index is 0. The Morgan fingerprint density at radius 2 is 1.27 bits per heavy atom. The average molecular weight is 397 g/mol. The quantitative estimate of drug-likeness (QED) is 0.212. The molecule has 0 saturated carbocycles. The van der Waals surface area contributed by atoms with Gasteiger partial charge in [0.15, 0.2) is 17.2 Å². The van der Waals surface area contributed by atoms with Gasteiger partial charge in [0.25, 0.3) is 0 Å². The molecular formula is C19H33NaO5S.